The summed E-state index contributed by atoms with van der Waals surface area (Å²) in [5.74, 6) is 0.315. The van der Waals surface area contributed by atoms with Crippen LogP contribution in [0.2, 0.25) is 0 Å². The first kappa shape index (κ1) is 9.98. The summed E-state index contributed by atoms with van der Waals surface area (Å²) in [7, 11) is 0. The number of nitrogens with zero attached hydrogens (tertiary/aromatic N) is 1. The van der Waals surface area contributed by atoms with Crippen LogP contribution in [0.15, 0.2) is 0 Å². The van der Waals surface area contributed by atoms with E-state index in [4.69, 9.17) is 5.26 Å². The van der Waals surface area contributed by atoms with Gasteiger partial charge in [0.2, 0.25) is 0 Å². The molecule has 3 unspecified atom stereocenters. The van der Waals surface area contributed by atoms with Gasteiger partial charge in [-0.25, -0.2) is 0 Å². The van der Waals surface area contributed by atoms with E-state index in [0.29, 0.717) is 23.4 Å². The number of nitrogens with one attached hydrogen (secondary N) is 1. The molecule has 2 nitrogen and oxygen atoms in total. The monoisotopic (exact) mass is 192 g/mol. The summed E-state index contributed by atoms with van der Waals surface area (Å²) in [5.41, 5.74) is 0.491. The molecule has 0 aromatic heterocycles. The van der Waals surface area contributed by atoms with Gasteiger partial charge in [0.1, 0.15) is 0 Å². The van der Waals surface area contributed by atoms with Gasteiger partial charge in [0, 0.05) is 18.0 Å². The minimum Gasteiger partial charge on any atom is -0.311 e. The molecule has 0 aliphatic heterocycles. The zero-order valence-electron chi connectivity index (χ0n) is 9.21. The van der Waals surface area contributed by atoms with E-state index < -0.39 is 0 Å². The Morgan fingerprint density at radius 2 is 2.07 bits per heavy atom. The van der Waals surface area contributed by atoms with Gasteiger partial charge in [0.05, 0.1) is 6.07 Å². The number of rotatable bonds is 2. The third-order valence-corrected chi connectivity index (χ3v) is 4.07. The summed E-state index contributed by atoms with van der Waals surface area (Å²) in [6.07, 6.45) is 6.04. The minimum absolute atomic E-state index is 0.315. The first-order valence-electron chi connectivity index (χ1n) is 5.77. The quantitative estimate of drug-likeness (QED) is 0.729. The molecule has 0 saturated heterocycles. The van der Waals surface area contributed by atoms with Gasteiger partial charge >= 0.3 is 0 Å². The maximum absolute atomic E-state index is 8.81. The molecule has 0 bridgehead atoms. The zero-order valence-corrected chi connectivity index (χ0v) is 9.21. The van der Waals surface area contributed by atoms with E-state index in [-0.39, 0.29) is 0 Å². The van der Waals surface area contributed by atoms with Crippen molar-refractivity contribution in [3.63, 3.8) is 0 Å². The van der Waals surface area contributed by atoms with Crippen LogP contribution in [-0.4, -0.2) is 12.1 Å². The molecular weight excluding hydrogens is 172 g/mol. The molecule has 14 heavy (non-hydrogen) atoms. The Kier molecular flexibility index (Phi) is 2.53. The number of hydrogen-bond acceptors (Lipinski definition) is 2. The fourth-order valence-corrected chi connectivity index (χ4v) is 2.71. The first-order chi connectivity index (χ1) is 6.62. The van der Waals surface area contributed by atoms with E-state index in [1.54, 1.807) is 0 Å². The highest BCUT2D eigenvalue weighted by Crippen LogP contribution is 2.41. The van der Waals surface area contributed by atoms with E-state index in [1.165, 1.54) is 19.3 Å². The van der Waals surface area contributed by atoms with Gasteiger partial charge in [-0.15, -0.1) is 0 Å². The van der Waals surface area contributed by atoms with Crippen molar-refractivity contribution < 1.29 is 0 Å². The van der Waals surface area contributed by atoms with Gasteiger partial charge in [-0.2, -0.15) is 5.26 Å². The molecule has 2 saturated carbocycles. The van der Waals surface area contributed by atoms with Crippen molar-refractivity contribution in [2.75, 3.05) is 0 Å². The fraction of sp³-hybridized carbons (Fsp3) is 0.917. The topological polar surface area (TPSA) is 35.8 Å². The van der Waals surface area contributed by atoms with Crippen molar-refractivity contribution >= 4 is 0 Å². The van der Waals surface area contributed by atoms with Gasteiger partial charge < -0.3 is 5.32 Å². The number of hydrogen-bond donors (Lipinski definition) is 1. The Labute approximate surface area is 86.7 Å². The van der Waals surface area contributed by atoms with Crippen LogP contribution in [0.4, 0.5) is 0 Å². The Morgan fingerprint density at radius 1 is 1.29 bits per heavy atom. The predicted octanol–water partition coefficient (Wildman–Crippen LogP) is 2.46. The molecule has 2 fully saturated rings. The SMILES string of the molecule is CC1(C)CCC1NC1CCC(C#N)C1. The van der Waals surface area contributed by atoms with Gasteiger partial charge in [-0.05, 0) is 37.5 Å². The lowest BCUT2D eigenvalue weighted by molar-refractivity contribution is 0.0980. The van der Waals surface area contributed by atoms with E-state index in [2.05, 4.69) is 25.2 Å². The Morgan fingerprint density at radius 3 is 2.50 bits per heavy atom. The molecule has 3 atom stereocenters. The second-order valence-electron chi connectivity index (χ2n) is 5.58. The maximum atomic E-state index is 8.81. The molecule has 2 aliphatic carbocycles. The van der Waals surface area contributed by atoms with Crippen molar-refractivity contribution in [1.82, 2.24) is 5.32 Å². The van der Waals surface area contributed by atoms with Crippen molar-refractivity contribution in [1.29, 1.82) is 5.26 Å². The van der Waals surface area contributed by atoms with Crippen LogP contribution in [0.3, 0.4) is 0 Å². The lowest BCUT2D eigenvalue weighted by atomic mass is 9.67. The fourth-order valence-electron chi connectivity index (χ4n) is 2.71. The van der Waals surface area contributed by atoms with E-state index in [1.807, 2.05) is 0 Å². The Hall–Kier alpha value is -0.550. The van der Waals surface area contributed by atoms with Crippen LogP contribution in [0.1, 0.15) is 46.0 Å². The van der Waals surface area contributed by atoms with Gasteiger partial charge in [-0.3, -0.25) is 0 Å². The molecule has 0 radical (unpaired) electrons. The van der Waals surface area contributed by atoms with E-state index in [9.17, 15) is 0 Å². The van der Waals surface area contributed by atoms with Crippen molar-refractivity contribution in [2.45, 2.75) is 58.0 Å². The van der Waals surface area contributed by atoms with E-state index >= 15 is 0 Å². The third-order valence-electron chi connectivity index (χ3n) is 4.07. The van der Waals surface area contributed by atoms with Gasteiger partial charge in [0.15, 0.2) is 0 Å². The van der Waals surface area contributed by atoms with Crippen molar-refractivity contribution in [3.8, 4) is 6.07 Å². The molecule has 0 spiro atoms. The average Bonchev–Trinajstić information content (AvgIpc) is 2.60. The zero-order chi connectivity index (χ0) is 10.2. The highest BCUT2D eigenvalue weighted by atomic mass is 15.0. The summed E-state index contributed by atoms with van der Waals surface area (Å²) in [5, 5.41) is 12.5. The molecule has 78 valence electrons. The minimum atomic E-state index is 0.315. The summed E-state index contributed by atoms with van der Waals surface area (Å²) in [4.78, 5) is 0. The Balaban J connectivity index is 1.80. The molecule has 2 rings (SSSR count). The molecule has 0 aromatic carbocycles. The number of nitriles is 1. The summed E-state index contributed by atoms with van der Waals surface area (Å²) in [6.45, 7) is 4.68. The first-order valence-corrected chi connectivity index (χ1v) is 5.77. The van der Waals surface area contributed by atoms with Crippen LogP contribution in [-0.2, 0) is 0 Å². The lowest BCUT2D eigenvalue weighted by Crippen LogP contribution is -2.52. The third kappa shape index (κ3) is 1.79. The second kappa shape index (κ2) is 3.55. The molecular formula is C12H20N2. The molecule has 0 heterocycles. The van der Waals surface area contributed by atoms with Crippen LogP contribution >= 0.6 is 0 Å². The van der Waals surface area contributed by atoms with Crippen LogP contribution in [0.5, 0.6) is 0 Å². The summed E-state index contributed by atoms with van der Waals surface area (Å²) >= 11 is 0. The molecule has 2 aliphatic rings. The standard InChI is InChI=1S/C12H20N2/c1-12(2)6-5-11(12)14-10-4-3-9(7-10)8-13/h9-11,14H,3-7H2,1-2H3. The largest absolute Gasteiger partial charge is 0.311 e. The summed E-state index contributed by atoms with van der Waals surface area (Å²) in [6, 6.07) is 3.70. The highest BCUT2D eigenvalue weighted by Gasteiger charge is 2.40. The van der Waals surface area contributed by atoms with Crippen LogP contribution < -0.4 is 5.32 Å². The molecule has 0 aromatic rings. The molecule has 0 amide bonds. The molecule has 2 heteroatoms. The normalized spacial score (nSPS) is 40.2. The Bertz CT molecular complexity index is 252. The molecule has 1 N–H and O–H groups in total. The lowest BCUT2D eigenvalue weighted by Gasteiger charge is -2.46. The van der Waals surface area contributed by atoms with Gasteiger partial charge in [-0.1, -0.05) is 13.8 Å². The van der Waals surface area contributed by atoms with Gasteiger partial charge in [0.25, 0.3) is 0 Å². The van der Waals surface area contributed by atoms with Crippen molar-refractivity contribution in [2.24, 2.45) is 11.3 Å². The predicted molar refractivity (Wildman–Crippen MR) is 56.7 cm³/mol. The highest BCUT2D eigenvalue weighted by molar-refractivity contribution is 4.99. The van der Waals surface area contributed by atoms with Crippen LogP contribution in [0.25, 0.3) is 0 Å². The second-order valence-corrected chi connectivity index (χ2v) is 5.58. The van der Waals surface area contributed by atoms with Crippen molar-refractivity contribution in [3.05, 3.63) is 0 Å². The maximum Gasteiger partial charge on any atom is 0.0656 e. The van der Waals surface area contributed by atoms with E-state index in [0.717, 1.165) is 12.8 Å². The smallest absolute Gasteiger partial charge is 0.0656 e. The van der Waals surface area contributed by atoms with Crippen LogP contribution in [0, 0.1) is 22.7 Å². The summed E-state index contributed by atoms with van der Waals surface area (Å²) < 4.78 is 0. The average molecular weight is 192 g/mol.